The lowest BCUT2D eigenvalue weighted by Crippen LogP contribution is -2.20. The number of aromatic amines is 1. The van der Waals surface area contributed by atoms with Crippen molar-refractivity contribution in [2.45, 2.75) is 6.04 Å². The lowest BCUT2D eigenvalue weighted by molar-refractivity contribution is -0.384. The molecule has 0 fully saturated rings. The van der Waals surface area contributed by atoms with Crippen LogP contribution in [0.2, 0.25) is 0 Å². The highest BCUT2D eigenvalue weighted by atomic mass is 16.6. The molecule has 1 unspecified atom stereocenters. The van der Waals surface area contributed by atoms with Crippen LogP contribution in [0.4, 0.5) is 5.69 Å². The topological polar surface area (TPSA) is 122 Å². The molecule has 0 aliphatic heterocycles. The van der Waals surface area contributed by atoms with E-state index in [-0.39, 0.29) is 5.69 Å². The van der Waals surface area contributed by atoms with Crippen molar-refractivity contribution in [3.05, 3.63) is 40.1 Å². The predicted molar refractivity (Wildman–Crippen MR) is 59.5 cm³/mol. The molecule has 4 N–H and O–H groups in total. The molecule has 0 aliphatic carbocycles. The number of aromatic nitrogens is 1. The van der Waals surface area contributed by atoms with E-state index >= 15 is 0 Å². The third kappa shape index (κ3) is 1.83. The van der Waals surface area contributed by atoms with Gasteiger partial charge in [-0.2, -0.15) is 0 Å². The van der Waals surface area contributed by atoms with Gasteiger partial charge in [-0.1, -0.05) is 0 Å². The summed E-state index contributed by atoms with van der Waals surface area (Å²) in [4.78, 5) is 23.6. The molecule has 0 spiro atoms. The van der Waals surface area contributed by atoms with Crippen molar-refractivity contribution in [1.82, 2.24) is 4.98 Å². The summed E-state index contributed by atoms with van der Waals surface area (Å²) in [6, 6.07) is 2.99. The monoisotopic (exact) mass is 235 g/mol. The van der Waals surface area contributed by atoms with Gasteiger partial charge in [0.25, 0.3) is 5.69 Å². The second kappa shape index (κ2) is 3.87. The molecule has 0 aliphatic rings. The number of carbonyl (C=O) groups is 1. The Kier molecular flexibility index (Phi) is 2.52. The fraction of sp³-hybridized carbons (Fsp3) is 0.100. The van der Waals surface area contributed by atoms with Crippen molar-refractivity contribution in [2.24, 2.45) is 5.73 Å². The Morgan fingerprint density at radius 3 is 2.82 bits per heavy atom. The minimum Gasteiger partial charge on any atom is -0.480 e. The average molecular weight is 235 g/mol. The van der Waals surface area contributed by atoms with E-state index in [1.807, 2.05) is 0 Å². The van der Waals surface area contributed by atoms with Gasteiger partial charge in [-0.25, -0.2) is 0 Å². The van der Waals surface area contributed by atoms with Crippen LogP contribution in [0, 0.1) is 10.1 Å². The van der Waals surface area contributed by atoms with E-state index in [4.69, 9.17) is 10.8 Å². The maximum Gasteiger partial charge on any atom is 0.325 e. The standard InChI is InChI=1S/C10H9N3O4/c11-9(10(14)15)7-4-12-8-3-5(13(16)17)1-2-6(7)8/h1-4,9,12H,11H2,(H,14,15). The Hall–Kier alpha value is -2.41. The van der Waals surface area contributed by atoms with Crippen LogP contribution in [-0.4, -0.2) is 21.0 Å². The molecule has 0 saturated carbocycles. The van der Waals surface area contributed by atoms with Gasteiger partial charge in [0.2, 0.25) is 0 Å². The SMILES string of the molecule is NC(C(=O)O)c1c[nH]c2cc([N+](=O)[O-])ccc12. The maximum atomic E-state index is 10.8. The van der Waals surface area contributed by atoms with Gasteiger partial charge >= 0.3 is 5.97 Å². The zero-order chi connectivity index (χ0) is 12.6. The highest BCUT2D eigenvalue weighted by Crippen LogP contribution is 2.26. The average Bonchev–Trinajstić information content (AvgIpc) is 2.70. The summed E-state index contributed by atoms with van der Waals surface area (Å²) in [7, 11) is 0. The highest BCUT2D eigenvalue weighted by Gasteiger charge is 2.19. The molecule has 1 aromatic heterocycles. The number of hydrogen-bond acceptors (Lipinski definition) is 4. The van der Waals surface area contributed by atoms with Crippen LogP contribution >= 0.6 is 0 Å². The lowest BCUT2D eigenvalue weighted by Gasteiger charge is -2.03. The second-order valence-corrected chi connectivity index (χ2v) is 3.55. The molecular formula is C10H9N3O4. The maximum absolute atomic E-state index is 10.8. The molecule has 1 aromatic carbocycles. The van der Waals surface area contributed by atoms with Gasteiger partial charge in [0.05, 0.1) is 10.4 Å². The van der Waals surface area contributed by atoms with Crippen LogP contribution in [0.5, 0.6) is 0 Å². The van der Waals surface area contributed by atoms with Gasteiger partial charge in [-0.05, 0) is 6.07 Å². The van der Waals surface area contributed by atoms with Crippen molar-refractivity contribution in [2.75, 3.05) is 0 Å². The van der Waals surface area contributed by atoms with Crippen LogP contribution in [0.1, 0.15) is 11.6 Å². The first-order valence-corrected chi connectivity index (χ1v) is 4.74. The largest absolute Gasteiger partial charge is 0.480 e. The van der Waals surface area contributed by atoms with Crippen molar-refractivity contribution < 1.29 is 14.8 Å². The Labute approximate surface area is 95.0 Å². The van der Waals surface area contributed by atoms with E-state index in [2.05, 4.69) is 4.98 Å². The minimum atomic E-state index is -1.15. The van der Waals surface area contributed by atoms with Crippen LogP contribution in [0.15, 0.2) is 24.4 Å². The lowest BCUT2D eigenvalue weighted by atomic mass is 10.1. The molecule has 2 aromatic rings. The summed E-state index contributed by atoms with van der Waals surface area (Å²) in [6.45, 7) is 0. The summed E-state index contributed by atoms with van der Waals surface area (Å²) in [5.41, 5.74) is 6.33. The Bertz CT molecular complexity index is 605. The van der Waals surface area contributed by atoms with Gasteiger partial charge in [0.15, 0.2) is 0 Å². The fourth-order valence-corrected chi connectivity index (χ4v) is 1.64. The number of nitro benzene ring substituents is 1. The first kappa shape index (κ1) is 11.1. The zero-order valence-corrected chi connectivity index (χ0v) is 8.58. The molecule has 0 radical (unpaired) electrons. The van der Waals surface area contributed by atoms with E-state index in [1.165, 1.54) is 24.4 Å². The third-order valence-corrected chi connectivity index (χ3v) is 2.51. The van der Waals surface area contributed by atoms with Crippen LogP contribution in [-0.2, 0) is 4.79 Å². The summed E-state index contributed by atoms with van der Waals surface area (Å²) < 4.78 is 0. The van der Waals surface area contributed by atoms with Gasteiger partial charge in [0.1, 0.15) is 6.04 Å². The number of fused-ring (bicyclic) bond motifs is 1. The number of aliphatic carboxylic acids is 1. The molecule has 88 valence electrons. The van der Waals surface area contributed by atoms with E-state index in [0.29, 0.717) is 16.5 Å². The number of carboxylic acid groups (broad SMARTS) is 1. The third-order valence-electron chi connectivity index (χ3n) is 2.51. The summed E-state index contributed by atoms with van der Waals surface area (Å²) in [6.07, 6.45) is 1.45. The summed E-state index contributed by atoms with van der Waals surface area (Å²) in [5.74, 6) is -1.15. The molecule has 0 saturated heterocycles. The molecule has 1 heterocycles. The van der Waals surface area contributed by atoms with Crippen molar-refractivity contribution in [1.29, 1.82) is 0 Å². The van der Waals surface area contributed by atoms with E-state index in [9.17, 15) is 14.9 Å². The summed E-state index contributed by atoms with van der Waals surface area (Å²) >= 11 is 0. The molecule has 17 heavy (non-hydrogen) atoms. The number of benzene rings is 1. The Morgan fingerprint density at radius 2 is 2.24 bits per heavy atom. The molecule has 0 amide bonds. The number of nitrogens with two attached hydrogens (primary N) is 1. The van der Waals surface area contributed by atoms with Gasteiger partial charge in [-0.15, -0.1) is 0 Å². The number of H-pyrrole nitrogens is 1. The number of non-ortho nitro benzene ring substituents is 1. The number of rotatable bonds is 3. The first-order chi connectivity index (χ1) is 8.00. The molecule has 0 bridgehead atoms. The number of nitrogens with one attached hydrogen (secondary N) is 1. The molecule has 7 heteroatoms. The quantitative estimate of drug-likeness (QED) is 0.544. The Morgan fingerprint density at radius 1 is 1.53 bits per heavy atom. The van der Waals surface area contributed by atoms with E-state index < -0.39 is 16.9 Å². The van der Waals surface area contributed by atoms with Crippen molar-refractivity contribution >= 4 is 22.6 Å². The van der Waals surface area contributed by atoms with Crippen LogP contribution < -0.4 is 5.73 Å². The number of nitro groups is 1. The first-order valence-electron chi connectivity index (χ1n) is 4.74. The second-order valence-electron chi connectivity index (χ2n) is 3.55. The predicted octanol–water partition coefficient (Wildman–Crippen LogP) is 1.16. The number of hydrogen-bond donors (Lipinski definition) is 3. The fourth-order valence-electron chi connectivity index (χ4n) is 1.64. The molecule has 2 rings (SSSR count). The normalized spacial score (nSPS) is 12.5. The number of carboxylic acids is 1. The summed E-state index contributed by atoms with van der Waals surface area (Å²) in [5, 5.41) is 19.9. The smallest absolute Gasteiger partial charge is 0.325 e. The molecular weight excluding hydrogens is 226 g/mol. The zero-order valence-electron chi connectivity index (χ0n) is 8.58. The number of nitrogens with zero attached hydrogens (tertiary/aromatic N) is 1. The van der Waals surface area contributed by atoms with E-state index in [1.54, 1.807) is 0 Å². The highest BCUT2D eigenvalue weighted by molar-refractivity contribution is 5.90. The van der Waals surface area contributed by atoms with Gasteiger partial charge in [0, 0.05) is 29.3 Å². The minimum absolute atomic E-state index is 0.0604. The van der Waals surface area contributed by atoms with E-state index in [0.717, 1.165) is 0 Å². The Balaban J connectivity index is 2.56. The van der Waals surface area contributed by atoms with Crippen molar-refractivity contribution in [3.8, 4) is 0 Å². The van der Waals surface area contributed by atoms with Crippen molar-refractivity contribution in [3.63, 3.8) is 0 Å². The van der Waals surface area contributed by atoms with Gasteiger partial charge < -0.3 is 15.8 Å². The van der Waals surface area contributed by atoms with Gasteiger partial charge in [-0.3, -0.25) is 14.9 Å². The van der Waals surface area contributed by atoms with Crippen LogP contribution in [0.3, 0.4) is 0 Å². The van der Waals surface area contributed by atoms with Crippen LogP contribution in [0.25, 0.3) is 10.9 Å². The molecule has 1 atom stereocenters. The molecule has 7 nitrogen and oxygen atoms in total.